The highest BCUT2D eigenvalue weighted by Crippen LogP contribution is 2.47. The maximum absolute atomic E-state index is 8.87. The van der Waals surface area contributed by atoms with E-state index < -0.39 is 0 Å². The van der Waals surface area contributed by atoms with Gasteiger partial charge in [-0.3, -0.25) is 0 Å². The number of nitrogens with one attached hydrogen (secondary N) is 1. The molecule has 1 aromatic rings. The lowest BCUT2D eigenvalue weighted by atomic mass is 9.57. The zero-order valence-electron chi connectivity index (χ0n) is 12.3. The Labute approximate surface area is 115 Å². The number of rotatable bonds is 7. The van der Waals surface area contributed by atoms with Gasteiger partial charge in [-0.2, -0.15) is 0 Å². The van der Waals surface area contributed by atoms with Gasteiger partial charge in [0.2, 0.25) is 0 Å². The molecule has 4 heteroatoms. The van der Waals surface area contributed by atoms with E-state index in [1.54, 1.807) is 0 Å². The molecular formula is C15H26N2O2. The molecule has 0 spiro atoms. The Balaban J connectivity index is 1.86. The third-order valence-electron chi connectivity index (χ3n) is 4.53. The van der Waals surface area contributed by atoms with E-state index in [4.69, 9.17) is 9.63 Å². The van der Waals surface area contributed by atoms with Gasteiger partial charge in [-0.25, -0.2) is 0 Å². The lowest BCUT2D eigenvalue weighted by Crippen LogP contribution is -2.57. The smallest absolute Gasteiger partial charge is 0.139 e. The first kappa shape index (κ1) is 14.5. The summed E-state index contributed by atoms with van der Waals surface area (Å²) in [5.41, 5.74) is 1.35. The van der Waals surface area contributed by atoms with Crippen molar-refractivity contribution in [2.75, 3.05) is 13.2 Å². The fourth-order valence-corrected chi connectivity index (χ4v) is 2.96. The van der Waals surface area contributed by atoms with Gasteiger partial charge >= 0.3 is 0 Å². The highest BCUT2D eigenvalue weighted by Gasteiger charge is 2.47. The number of aliphatic hydroxyl groups is 1. The molecule has 1 aliphatic rings. The Bertz CT molecular complexity index is 401. The van der Waals surface area contributed by atoms with E-state index in [1.807, 2.05) is 6.07 Å². The molecule has 4 nitrogen and oxygen atoms in total. The normalized spacial score (nSPS) is 25.3. The third-order valence-corrected chi connectivity index (χ3v) is 4.53. The summed E-state index contributed by atoms with van der Waals surface area (Å²) in [6, 6.07) is 2.61. The second-order valence-electron chi connectivity index (χ2n) is 6.22. The van der Waals surface area contributed by atoms with Crippen LogP contribution in [-0.4, -0.2) is 29.5 Å². The second-order valence-corrected chi connectivity index (χ2v) is 6.22. The highest BCUT2D eigenvalue weighted by atomic mass is 16.5. The summed E-state index contributed by atoms with van der Waals surface area (Å²) < 4.78 is 5.21. The Hall–Kier alpha value is -0.870. The first-order chi connectivity index (χ1) is 9.07. The van der Waals surface area contributed by atoms with Crippen molar-refractivity contribution in [2.24, 2.45) is 11.3 Å². The predicted octanol–water partition coefficient (Wildman–Crippen LogP) is 2.17. The summed E-state index contributed by atoms with van der Waals surface area (Å²) in [6.45, 7) is 8.10. The van der Waals surface area contributed by atoms with Crippen molar-refractivity contribution in [3.8, 4) is 0 Å². The van der Waals surface area contributed by atoms with Gasteiger partial charge in [0.1, 0.15) is 5.76 Å². The number of hydrogen-bond acceptors (Lipinski definition) is 4. The molecule has 0 radical (unpaired) electrons. The summed E-state index contributed by atoms with van der Waals surface area (Å²) in [5.74, 6) is 1.45. The lowest BCUT2D eigenvalue weighted by molar-refractivity contribution is 0.0138. The van der Waals surface area contributed by atoms with Gasteiger partial charge in [0.15, 0.2) is 0 Å². The van der Waals surface area contributed by atoms with Crippen molar-refractivity contribution in [2.45, 2.75) is 52.5 Å². The summed E-state index contributed by atoms with van der Waals surface area (Å²) >= 11 is 0. The lowest BCUT2D eigenvalue weighted by Gasteiger charge is -2.52. The van der Waals surface area contributed by atoms with Crippen LogP contribution in [-0.2, 0) is 12.8 Å². The standard InChI is InChI=1S/C15H26N2O2/c1-4-6-16-14-9-11(15(14,2)3)8-12-10-13(5-7-18)19-17-12/h10-11,14,16,18H,4-9H2,1-3H3/t11-,14+/m1/s1. The van der Waals surface area contributed by atoms with Crippen LogP contribution in [0.2, 0.25) is 0 Å². The highest BCUT2D eigenvalue weighted by molar-refractivity contribution is 5.11. The van der Waals surface area contributed by atoms with Gasteiger partial charge in [0, 0.05) is 18.5 Å². The Kier molecular flexibility index (Phi) is 4.63. The number of aromatic nitrogens is 1. The van der Waals surface area contributed by atoms with Crippen LogP contribution in [0.3, 0.4) is 0 Å². The molecule has 0 unspecified atom stereocenters. The Morgan fingerprint density at radius 2 is 2.32 bits per heavy atom. The molecule has 2 atom stereocenters. The van der Waals surface area contributed by atoms with Crippen molar-refractivity contribution < 1.29 is 9.63 Å². The summed E-state index contributed by atoms with van der Waals surface area (Å²) in [7, 11) is 0. The molecule has 1 fully saturated rings. The van der Waals surface area contributed by atoms with Gasteiger partial charge in [-0.05, 0) is 37.1 Å². The molecule has 1 aromatic heterocycles. The largest absolute Gasteiger partial charge is 0.396 e. The molecule has 0 amide bonds. The van der Waals surface area contributed by atoms with Crippen LogP contribution in [0, 0.1) is 11.3 Å². The Morgan fingerprint density at radius 1 is 1.53 bits per heavy atom. The molecule has 0 saturated heterocycles. The summed E-state index contributed by atoms with van der Waals surface area (Å²) in [4.78, 5) is 0. The van der Waals surface area contributed by atoms with Crippen molar-refractivity contribution in [1.29, 1.82) is 0 Å². The molecule has 0 aromatic carbocycles. The fraction of sp³-hybridized carbons (Fsp3) is 0.800. The van der Waals surface area contributed by atoms with Crippen LogP contribution in [0.5, 0.6) is 0 Å². The van der Waals surface area contributed by atoms with Crippen LogP contribution in [0.4, 0.5) is 0 Å². The Morgan fingerprint density at radius 3 is 2.95 bits per heavy atom. The molecule has 2 N–H and O–H groups in total. The van der Waals surface area contributed by atoms with E-state index in [0.717, 1.165) is 24.4 Å². The minimum absolute atomic E-state index is 0.118. The van der Waals surface area contributed by atoms with Crippen LogP contribution < -0.4 is 5.32 Å². The molecule has 19 heavy (non-hydrogen) atoms. The zero-order chi connectivity index (χ0) is 13.9. The van der Waals surface area contributed by atoms with Crippen molar-refractivity contribution >= 4 is 0 Å². The first-order valence-electron chi connectivity index (χ1n) is 7.36. The summed E-state index contributed by atoms with van der Waals surface area (Å²) in [5, 5.41) is 16.6. The minimum Gasteiger partial charge on any atom is -0.396 e. The van der Waals surface area contributed by atoms with Crippen LogP contribution in [0.25, 0.3) is 0 Å². The van der Waals surface area contributed by atoms with Gasteiger partial charge in [0.25, 0.3) is 0 Å². The van der Waals surface area contributed by atoms with Crippen LogP contribution >= 0.6 is 0 Å². The van der Waals surface area contributed by atoms with Crippen LogP contribution in [0.1, 0.15) is 45.1 Å². The van der Waals surface area contributed by atoms with Crippen LogP contribution in [0.15, 0.2) is 10.6 Å². The molecular weight excluding hydrogens is 240 g/mol. The van der Waals surface area contributed by atoms with Crippen molar-refractivity contribution in [3.05, 3.63) is 17.5 Å². The summed E-state index contributed by atoms with van der Waals surface area (Å²) in [6.07, 6.45) is 3.94. The quantitative estimate of drug-likeness (QED) is 0.794. The maximum Gasteiger partial charge on any atom is 0.139 e. The molecule has 0 bridgehead atoms. The van der Waals surface area contributed by atoms with E-state index in [2.05, 4.69) is 31.2 Å². The van der Waals surface area contributed by atoms with E-state index in [1.165, 1.54) is 12.8 Å². The zero-order valence-corrected chi connectivity index (χ0v) is 12.3. The number of hydrogen-bond donors (Lipinski definition) is 2. The maximum atomic E-state index is 8.87. The van der Waals surface area contributed by atoms with E-state index in [-0.39, 0.29) is 6.61 Å². The van der Waals surface area contributed by atoms with Gasteiger partial charge < -0.3 is 14.9 Å². The second kappa shape index (κ2) is 6.06. The topological polar surface area (TPSA) is 58.3 Å². The van der Waals surface area contributed by atoms with Gasteiger partial charge in [0.05, 0.1) is 12.3 Å². The van der Waals surface area contributed by atoms with E-state index in [0.29, 0.717) is 23.8 Å². The monoisotopic (exact) mass is 266 g/mol. The van der Waals surface area contributed by atoms with Crippen molar-refractivity contribution in [3.63, 3.8) is 0 Å². The molecule has 1 aliphatic carbocycles. The fourth-order valence-electron chi connectivity index (χ4n) is 2.96. The molecule has 1 heterocycles. The predicted molar refractivity (Wildman–Crippen MR) is 75.0 cm³/mol. The third kappa shape index (κ3) is 3.18. The van der Waals surface area contributed by atoms with Gasteiger partial charge in [-0.15, -0.1) is 0 Å². The first-order valence-corrected chi connectivity index (χ1v) is 7.36. The average Bonchev–Trinajstić information content (AvgIpc) is 2.81. The SMILES string of the molecule is CCCN[C@H]1C[C@@H](Cc2cc(CCO)on2)C1(C)C. The van der Waals surface area contributed by atoms with E-state index >= 15 is 0 Å². The minimum atomic E-state index is 0.118. The number of nitrogens with zero attached hydrogens (tertiary/aromatic N) is 1. The molecule has 2 rings (SSSR count). The average molecular weight is 266 g/mol. The molecule has 0 aliphatic heterocycles. The number of aliphatic hydroxyl groups excluding tert-OH is 1. The van der Waals surface area contributed by atoms with Gasteiger partial charge in [-0.1, -0.05) is 25.9 Å². The van der Waals surface area contributed by atoms with Crippen molar-refractivity contribution in [1.82, 2.24) is 10.5 Å². The molecule has 1 saturated carbocycles. The molecule has 108 valence electrons. The van der Waals surface area contributed by atoms with E-state index in [9.17, 15) is 0 Å².